The van der Waals surface area contributed by atoms with Crippen molar-refractivity contribution in [1.29, 1.82) is 0 Å². The summed E-state index contributed by atoms with van der Waals surface area (Å²) in [5.41, 5.74) is 0.499. The molecule has 0 unspecified atom stereocenters. The molecule has 0 heterocycles. The van der Waals surface area contributed by atoms with Crippen LogP contribution in [-0.2, 0) is 4.79 Å². The van der Waals surface area contributed by atoms with E-state index in [4.69, 9.17) is 5.11 Å². The normalized spacial score (nSPS) is 12.2. The second-order valence-corrected chi connectivity index (χ2v) is 2.77. The molecular formula is C8H13NO4. The van der Waals surface area contributed by atoms with Gasteiger partial charge in [0.25, 0.3) is 0 Å². The van der Waals surface area contributed by atoms with Crippen molar-refractivity contribution in [2.75, 3.05) is 6.54 Å². The van der Waals surface area contributed by atoms with Crippen LogP contribution >= 0.6 is 0 Å². The van der Waals surface area contributed by atoms with Crippen LogP contribution in [-0.4, -0.2) is 22.5 Å². The van der Waals surface area contributed by atoms with Crippen LogP contribution in [0.3, 0.4) is 0 Å². The molecule has 0 saturated heterocycles. The van der Waals surface area contributed by atoms with Crippen LogP contribution in [0.4, 0.5) is 0 Å². The van der Waals surface area contributed by atoms with Gasteiger partial charge in [0, 0.05) is 16.1 Å². The van der Waals surface area contributed by atoms with E-state index in [-0.39, 0.29) is 12.1 Å². The van der Waals surface area contributed by atoms with Gasteiger partial charge in [0.1, 0.15) is 0 Å². The molecule has 74 valence electrons. The van der Waals surface area contributed by atoms with Crippen LogP contribution in [0.5, 0.6) is 0 Å². The van der Waals surface area contributed by atoms with Gasteiger partial charge in [-0.15, -0.1) is 0 Å². The SMILES string of the molecule is CCCC(C[N+](=O)[O-])=C(C)C(=O)O. The third kappa shape index (κ3) is 4.25. The summed E-state index contributed by atoms with van der Waals surface area (Å²) in [6.07, 6.45) is 1.19. The quantitative estimate of drug-likeness (QED) is 0.401. The number of aliphatic carboxylic acids is 1. The van der Waals surface area contributed by atoms with E-state index in [1.54, 1.807) is 0 Å². The molecule has 1 N–H and O–H groups in total. The molecule has 5 nitrogen and oxygen atoms in total. The fourth-order valence-corrected chi connectivity index (χ4v) is 0.994. The molecule has 5 heteroatoms. The van der Waals surface area contributed by atoms with Crippen molar-refractivity contribution >= 4 is 5.97 Å². The highest BCUT2D eigenvalue weighted by molar-refractivity contribution is 5.86. The van der Waals surface area contributed by atoms with Crippen LogP contribution in [0.1, 0.15) is 26.7 Å². The number of rotatable bonds is 5. The van der Waals surface area contributed by atoms with Crippen molar-refractivity contribution in [3.05, 3.63) is 21.3 Å². The van der Waals surface area contributed by atoms with E-state index in [0.29, 0.717) is 18.4 Å². The van der Waals surface area contributed by atoms with Crippen molar-refractivity contribution in [1.82, 2.24) is 0 Å². The molecule has 0 saturated carbocycles. The molecule has 0 fully saturated rings. The first-order chi connectivity index (χ1) is 5.99. The summed E-state index contributed by atoms with van der Waals surface area (Å²) >= 11 is 0. The zero-order chi connectivity index (χ0) is 10.4. The molecule has 0 radical (unpaired) electrons. The zero-order valence-electron chi connectivity index (χ0n) is 7.74. The molecule has 0 aliphatic heterocycles. The maximum atomic E-state index is 10.5. The highest BCUT2D eigenvalue weighted by atomic mass is 16.6. The van der Waals surface area contributed by atoms with Crippen LogP contribution < -0.4 is 0 Å². The second-order valence-electron chi connectivity index (χ2n) is 2.77. The van der Waals surface area contributed by atoms with Gasteiger partial charge in [-0.1, -0.05) is 13.3 Å². The lowest BCUT2D eigenvalue weighted by molar-refractivity contribution is -0.471. The largest absolute Gasteiger partial charge is 0.478 e. The minimum Gasteiger partial charge on any atom is -0.478 e. The number of hydrogen-bond donors (Lipinski definition) is 1. The van der Waals surface area contributed by atoms with Crippen LogP contribution in [0.25, 0.3) is 0 Å². The fraction of sp³-hybridized carbons (Fsp3) is 0.625. The molecule has 0 aromatic heterocycles. The Morgan fingerprint density at radius 3 is 2.38 bits per heavy atom. The van der Waals surface area contributed by atoms with Gasteiger partial charge < -0.3 is 5.11 Å². The van der Waals surface area contributed by atoms with E-state index in [0.717, 1.165) is 0 Å². The van der Waals surface area contributed by atoms with Crippen LogP contribution in [0.15, 0.2) is 11.1 Å². The van der Waals surface area contributed by atoms with E-state index >= 15 is 0 Å². The first-order valence-corrected chi connectivity index (χ1v) is 4.02. The van der Waals surface area contributed by atoms with E-state index in [1.807, 2.05) is 6.92 Å². The molecule has 0 aromatic carbocycles. The Kier molecular flexibility index (Phi) is 4.72. The maximum Gasteiger partial charge on any atom is 0.331 e. The summed E-state index contributed by atoms with van der Waals surface area (Å²) in [5, 5.41) is 18.8. The molecule has 13 heavy (non-hydrogen) atoms. The van der Waals surface area contributed by atoms with Gasteiger partial charge in [-0.3, -0.25) is 10.1 Å². The summed E-state index contributed by atoms with van der Waals surface area (Å²) in [7, 11) is 0. The average molecular weight is 187 g/mol. The molecule has 0 atom stereocenters. The predicted molar refractivity (Wildman–Crippen MR) is 47.1 cm³/mol. The zero-order valence-corrected chi connectivity index (χ0v) is 7.74. The van der Waals surface area contributed by atoms with Crippen molar-refractivity contribution < 1.29 is 14.8 Å². The molecule has 0 bridgehead atoms. The number of hydrogen-bond acceptors (Lipinski definition) is 3. The van der Waals surface area contributed by atoms with Crippen LogP contribution in [0.2, 0.25) is 0 Å². The lowest BCUT2D eigenvalue weighted by Gasteiger charge is -2.03. The van der Waals surface area contributed by atoms with Crippen molar-refractivity contribution in [2.45, 2.75) is 26.7 Å². The predicted octanol–water partition coefficient (Wildman–Crippen LogP) is 1.46. The Morgan fingerprint density at radius 1 is 1.54 bits per heavy atom. The lowest BCUT2D eigenvalue weighted by atomic mass is 10.1. The Morgan fingerprint density at radius 2 is 2.08 bits per heavy atom. The van der Waals surface area contributed by atoms with Crippen LogP contribution in [0, 0.1) is 10.1 Å². The maximum absolute atomic E-state index is 10.5. The monoisotopic (exact) mass is 187 g/mol. The third-order valence-electron chi connectivity index (χ3n) is 1.72. The Hall–Kier alpha value is -1.39. The van der Waals surface area contributed by atoms with Gasteiger partial charge in [-0.2, -0.15) is 0 Å². The Balaban J connectivity index is 4.65. The molecule has 0 spiro atoms. The molecular weight excluding hydrogens is 174 g/mol. The highest BCUT2D eigenvalue weighted by Gasteiger charge is 2.13. The number of nitro groups is 1. The van der Waals surface area contributed by atoms with Gasteiger partial charge in [0.05, 0.1) is 0 Å². The molecule has 0 aliphatic carbocycles. The number of carboxylic acids is 1. The van der Waals surface area contributed by atoms with E-state index in [1.165, 1.54) is 6.92 Å². The summed E-state index contributed by atoms with van der Waals surface area (Å²) in [6.45, 7) is 2.89. The van der Waals surface area contributed by atoms with Gasteiger partial charge >= 0.3 is 5.97 Å². The Bertz CT molecular complexity index is 245. The summed E-state index contributed by atoms with van der Waals surface area (Å²) < 4.78 is 0. The standard InChI is InChI=1S/C8H13NO4/c1-3-4-7(5-9(12)13)6(2)8(10)11/h3-5H2,1-2H3,(H,10,11). The first-order valence-electron chi connectivity index (χ1n) is 4.02. The third-order valence-corrected chi connectivity index (χ3v) is 1.72. The lowest BCUT2D eigenvalue weighted by Crippen LogP contribution is -2.10. The Labute approximate surface area is 76.2 Å². The molecule has 0 rings (SSSR count). The van der Waals surface area contributed by atoms with Crippen molar-refractivity contribution in [3.63, 3.8) is 0 Å². The first kappa shape index (κ1) is 11.6. The van der Waals surface area contributed by atoms with Gasteiger partial charge in [-0.25, -0.2) is 4.79 Å². The number of carbonyl (C=O) groups is 1. The minimum atomic E-state index is -1.08. The number of carboxylic acid groups (broad SMARTS) is 1. The fourth-order valence-electron chi connectivity index (χ4n) is 0.994. The second kappa shape index (κ2) is 5.29. The van der Waals surface area contributed by atoms with Gasteiger partial charge in [-0.05, 0) is 13.3 Å². The highest BCUT2D eigenvalue weighted by Crippen LogP contribution is 2.11. The van der Waals surface area contributed by atoms with Gasteiger partial charge in [0.15, 0.2) is 0 Å². The summed E-state index contributed by atoms with van der Waals surface area (Å²) in [6, 6.07) is 0. The van der Waals surface area contributed by atoms with E-state index in [9.17, 15) is 14.9 Å². The number of nitrogens with zero attached hydrogens (tertiary/aromatic N) is 1. The summed E-state index contributed by atoms with van der Waals surface area (Å²) in [5.74, 6) is -1.08. The average Bonchev–Trinajstić information content (AvgIpc) is 2.01. The minimum absolute atomic E-state index is 0.0959. The smallest absolute Gasteiger partial charge is 0.331 e. The topological polar surface area (TPSA) is 80.4 Å². The molecule has 0 aromatic rings. The van der Waals surface area contributed by atoms with Gasteiger partial charge in [0.2, 0.25) is 6.54 Å². The van der Waals surface area contributed by atoms with Crippen molar-refractivity contribution in [2.24, 2.45) is 0 Å². The van der Waals surface area contributed by atoms with Crippen molar-refractivity contribution in [3.8, 4) is 0 Å². The molecule has 0 aliphatic rings. The molecule has 0 amide bonds. The van der Waals surface area contributed by atoms with E-state index < -0.39 is 10.9 Å². The summed E-state index contributed by atoms with van der Waals surface area (Å²) in [4.78, 5) is 20.2. The van der Waals surface area contributed by atoms with E-state index in [2.05, 4.69) is 0 Å².